The number of piperidine rings is 1. The fourth-order valence-corrected chi connectivity index (χ4v) is 3.73. The number of carbonyl (C=O) groups excluding carboxylic acids is 1. The number of benzene rings is 1. The highest BCUT2D eigenvalue weighted by Gasteiger charge is 2.27. The molecule has 9 heteroatoms. The Labute approximate surface area is 174 Å². The summed E-state index contributed by atoms with van der Waals surface area (Å²) in [5.41, 5.74) is 1.66. The van der Waals surface area contributed by atoms with Gasteiger partial charge in [0.25, 0.3) is 0 Å². The monoisotopic (exact) mass is 404 g/mol. The molecule has 2 fully saturated rings. The van der Waals surface area contributed by atoms with Gasteiger partial charge in [-0.2, -0.15) is 5.10 Å². The van der Waals surface area contributed by atoms with Gasteiger partial charge in [0.2, 0.25) is 5.95 Å². The van der Waals surface area contributed by atoms with E-state index in [0.29, 0.717) is 24.2 Å². The third kappa shape index (κ3) is 4.24. The van der Waals surface area contributed by atoms with E-state index >= 15 is 0 Å². The number of anilines is 2. The average molecular weight is 404 g/mol. The van der Waals surface area contributed by atoms with Crippen LogP contribution in [0.25, 0.3) is 11.4 Å². The SMILES string of the molecule is O=C(Nc1ccc(-c2n[nH]c(C3CC3)n2)cc1)NC1CCCN(c2ncccn2)C1. The van der Waals surface area contributed by atoms with Crippen LogP contribution < -0.4 is 15.5 Å². The number of nitrogens with one attached hydrogen (secondary N) is 3. The molecule has 2 amide bonds. The summed E-state index contributed by atoms with van der Waals surface area (Å²) < 4.78 is 0. The molecular weight excluding hydrogens is 380 g/mol. The smallest absolute Gasteiger partial charge is 0.319 e. The molecule has 9 nitrogen and oxygen atoms in total. The molecule has 30 heavy (non-hydrogen) atoms. The molecule has 0 spiro atoms. The molecule has 5 rings (SSSR count). The van der Waals surface area contributed by atoms with Gasteiger partial charge in [0.15, 0.2) is 5.82 Å². The molecule has 2 aromatic heterocycles. The maximum atomic E-state index is 12.5. The summed E-state index contributed by atoms with van der Waals surface area (Å²) in [6.07, 6.45) is 7.76. The lowest BCUT2D eigenvalue weighted by molar-refractivity contribution is 0.246. The first kappa shape index (κ1) is 18.5. The Bertz CT molecular complexity index is 999. The number of hydrogen-bond acceptors (Lipinski definition) is 6. The van der Waals surface area contributed by atoms with Crippen LogP contribution in [0.3, 0.4) is 0 Å². The van der Waals surface area contributed by atoms with Gasteiger partial charge in [-0.25, -0.2) is 19.7 Å². The lowest BCUT2D eigenvalue weighted by Crippen LogP contribution is -2.49. The standard InChI is InChI=1S/C21H24N8O/c30-21(25-17-3-1-12-29(13-17)20-22-10-2-11-23-20)24-16-8-6-15(7-9-16)19-26-18(27-28-19)14-4-5-14/h2,6-11,14,17H,1,3-5,12-13H2,(H2,24,25,30)(H,26,27,28). The summed E-state index contributed by atoms with van der Waals surface area (Å²) in [6, 6.07) is 9.22. The third-order valence-corrected chi connectivity index (χ3v) is 5.46. The number of aromatic nitrogens is 5. The molecule has 1 saturated carbocycles. The number of nitrogens with zero attached hydrogens (tertiary/aromatic N) is 5. The Morgan fingerprint density at radius 2 is 1.90 bits per heavy atom. The van der Waals surface area contributed by atoms with E-state index in [1.165, 1.54) is 12.8 Å². The highest BCUT2D eigenvalue weighted by molar-refractivity contribution is 5.89. The summed E-state index contributed by atoms with van der Waals surface area (Å²) >= 11 is 0. The Kier molecular flexibility index (Phi) is 5.00. The molecule has 3 aromatic rings. The second-order valence-electron chi connectivity index (χ2n) is 7.83. The number of amides is 2. The normalized spacial score (nSPS) is 18.8. The molecule has 1 aliphatic heterocycles. The molecule has 1 unspecified atom stereocenters. The summed E-state index contributed by atoms with van der Waals surface area (Å²) in [4.78, 5) is 27.7. The lowest BCUT2D eigenvalue weighted by atomic mass is 10.1. The predicted octanol–water partition coefficient (Wildman–Crippen LogP) is 2.93. The molecule has 3 N–H and O–H groups in total. The van der Waals surface area contributed by atoms with Crippen LogP contribution in [0, 0.1) is 0 Å². The molecule has 1 aliphatic carbocycles. The summed E-state index contributed by atoms with van der Waals surface area (Å²) in [6.45, 7) is 1.60. The zero-order chi connectivity index (χ0) is 20.3. The largest absolute Gasteiger partial charge is 0.339 e. The van der Waals surface area contributed by atoms with E-state index in [-0.39, 0.29) is 12.1 Å². The van der Waals surface area contributed by atoms with Crippen LogP contribution in [0.5, 0.6) is 0 Å². The highest BCUT2D eigenvalue weighted by Crippen LogP contribution is 2.38. The Morgan fingerprint density at radius 3 is 2.67 bits per heavy atom. The van der Waals surface area contributed by atoms with Crippen LogP contribution in [-0.4, -0.2) is 50.3 Å². The Morgan fingerprint density at radius 1 is 1.10 bits per heavy atom. The molecule has 1 saturated heterocycles. The van der Waals surface area contributed by atoms with E-state index in [1.54, 1.807) is 18.5 Å². The van der Waals surface area contributed by atoms with Crippen LogP contribution >= 0.6 is 0 Å². The topological polar surface area (TPSA) is 112 Å². The van der Waals surface area contributed by atoms with Crippen molar-refractivity contribution in [2.45, 2.75) is 37.6 Å². The van der Waals surface area contributed by atoms with Gasteiger partial charge >= 0.3 is 6.03 Å². The quantitative estimate of drug-likeness (QED) is 0.603. The van der Waals surface area contributed by atoms with Crippen LogP contribution in [0.15, 0.2) is 42.7 Å². The summed E-state index contributed by atoms with van der Waals surface area (Å²) in [5.74, 6) is 2.91. The van der Waals surface area contributed by atoms with Gasteiger partial charge in [0.1, 0.15) is 5.82 Å². The van der Waals surface area contributed by atoms with E-state index in [0.717, 1.165) is 36.5 Å². The van der Waals surface area contributed by atoms with Crippen molar-refractivity contribution < 1.29 is 4.79 Å². The molecule has 1 atom stereocenters. The lowest BCUT2D eigenvalue weighted by Gasteiger charge is -2.33. The number of carbonyl (C=O) groups is 1. The second-order valence-corrected chi connectivity index (χ2v) is 7.83. The molecule has 0 radical (unpaired) electrons. The van der Waals surface area contributed by atoms with Crippen molar-refractivity contribution in [3.05, 3.63) is 48.5 Å². The highest BCUT2D eigenvalue weighted by atomic mass is 16.2. The van der Waals surface area contributed by atoms with E-state index in [4.69, 9.17) is 0 Å². The predicted molar refractivity (Wildman–Crippen MR) is 113 cm³/mol. The van der Waals surface area contributed by atoms with Crippen molar-refractivity contribution in [3.63, 3.8) is 0 Å². The molecular formula is C21H24N8O. The van der Waals surface area contributed by atoms with E-state index in [2.05, 4.69) is 40.7 Å². The van der Waals surface area contributed by atoms with Gasteiger partial charge < -0.3 is 15.5 Å². The van der Waals surface area contributed by atoms with Crippen molar-refractivity contribution in [1.29, 1.82) is 0 Å². The number of hydrogen-bond donors (Lipinski definition) is 3. The number of H-pyrrole nitrogens is 1. The van der Waals surface area contributed by atoms with Gasteiger partial charge in [-0.15, -0.1) is 0 Å². The Hall–Kier alpha value is -3.49. The van der Waals surface area contributed by atoms with E-state index in [9.17, 15) is 4.79 Å². The average Bonchev–Trinajstić information content (AvgIpc) is 3.52. The maximum Gasteiger partial charge on any atom is 0.319 e. The minimum Gasteiger partial charge on any atom is -0.339 e. The van der Waals surface area contributed by atoms with Crippen molar-refractivity contribution in [2.75, 3.05) is 23.3 Å². The first-order valence-electron chi connectivity index (χ1n) is 10.4. The first-order chi connectivity index (χ1) is 14.7. The second kappa shape index (κ2) is 8.10. The van der Waals surface area contributed by atoms with Crippen LogP contribution in [-0.2, 0) is 0 Å². The zero-order valence-electron chi connectivity index (χ0n) is 16.6. The first-order valence-corrected chi connectivity index (χ1v) is 10.4. The fraction of sp³-hybridized carbons (Fsp3) is 0.381. The Balaban J connectivity index is 1.16. The molecule has 0 bridgehead atoms. The maximum absolute atomic E-state index is 12.5. The number of urea groups is 1. The molecule has 1 aromatic carbocycles. The minimum absolute atomic E-state index is 0.0518. The van der Waals surface area contributed by atoms with Gasteiger partial charge in [0.05, 0.1) is 0 Å². The summed E-state index contributed by atoms with van der Waals surface area (Å²) in [5, 5.41) is 13.3. The van der Waals surface area contributed by atoms with Crippen molar-refractivity contribution >= 4 is 17.7 Å². The van der Waals surface area contributed by atoms with E-state index < -0.39 is 0 Å². The van der Waals surface area contributed by atoms with E-state index in [1.807, 2.05) is 24.3 Å². The molecule has 3 heterocycles. The number of rotatable bonds is 5. The van der Waals surface area contributed by atoms with Gasteiger partial charge in [0, 0.05) is 48.7 Å². The van der Waals surface area contributed by atoms with Gasteiger partial charge in [-0.1, -0.05) is 0 Å². The molecule has 2 aliphatic rings. The third-order valence-electron chi connectivity index (χ3n) is 5.46. The van der Waals surface area contributed by atoms with Crippen LogP contribution in [0.2, 0.25) is 0 Å². The van der Waals surface area contributed by atoms with Crippen molar-refractivity contribution in [3.8, 4) is 11.4 Å². The van der Waals surface area contributed by atoms with Gasteiger partial charge in [-0.05, 0) is 56.0 Å². The van der Waals surface area contributed by atoms with Gasteiger partial charge in [-0.3, -0.25) is 5.10 Å². The number of aromatic amines is 1. The van der Waals surface area contributed by atoms with Crippen molar-refractivity contribution in [1.82, 2.24) is 30.5 Å². The van der Waals surface area contributed by atoms with Crippen molar-refractivity contribution in [2.24, 2.45) is 0 Å². The van der Waals surface area contributed by atoms with Crippen LogP contribution in [0.4, 0.5) is 16.4 Å². The van der Waals surface area contributed by atoms with Crippen LogP contribution in [0.1, 0.15) is 37.4 Å². The fourth-order valence-electron chi connectivity index (χ4n) is 3.73. The molecule has 154 valence electrons. The summed E-state index contributed by atoms with van der Waals surface area (Å²) in [7, 11) is 0. The zero-order valence-corrected chi connectivity index (χ0v) is 16.6. The minimum atomic E-state index is -0.211.